The molecule has 7 nitrogen and oxygen atoms in total. The minimum Gasteiger partial charge on any atom is -0.352 e. The van der Waals surface area contributed by atoms with Gasteiger partial charge in [0.25, 0.3) is 0 Å². The Labute approximate surface area is 232 Å². The fraction of sp³-hybridized carbons (Fsp3) is 0.355. The van der Waals surface area contributed by atoms with Gasteiger partial charge in [-0.3, -0.25) is 13.9 Å². The molecular weight excluding hydrogens is 510 g/mol. The monoisotopic (exact) mass is 549 g/mol. The lowest BCUT2D eigenvalue weighted by atomic mass is 10.0. The van der Waals surface area contributed by atoms with Crippen LogP contribution in [0.3, 0.4) is 0 Å². The first-order valence-electron chi connectivity index (χ1n) is 13.2. The van der Waals surface area contributed by atoms with Crippen molar-refractivity contribution in [2.24, 2.45) is 0 Å². The molecule has 0 saturated carbocycles. The summed E-state index contributed by atoms with van der Waals surface area (Å²) in [5.41, 5.74) is 3.21. The number of nitrogens with one attached hydrogen (secondary N) is 1. The van der Waals surface area contributed by atoms with Crippen LogP contribution in [0.2, 0.25) is 0 Å². The molecule has 39 heavy (non-hydrogen) atoms. The van der Waals surface area contributed by atoms with Crippen molar-refractivity contribution >= 4 is 27.5 Å². The van der Waals surface area contributed by atoms with Crippen molar-refractivity contribution < 1.29 is 18.0 Å². The van der Waals surface area contributed by atoms with Gasteiger partial charge < -0.3 is 10.2 Å². The van der Waals surface area contributed by atoms with Crippen LogP contribution in [0.4, 0.5) is 5.69 Å². The summed E-state index contributed by atoms with van der Waals surface area (Å²) in [5, 5.41) is 2.95. The van der Waals surface area contributed by atoms with E-state index in [0.717, 1.165) is 27.3 Å². The molecular formula is C31H39N3O4S. The van der Waals surface area contributed by atoms with Gasteiger partial charge in [-0.05, 0) is 48.6 Å². The summed E-state index contributed by atoms with van der Waals surface area (Å²) >= 11 is 0. The van der Waals surface area contributed by atoms with E-state index >= 15 is 0 Å². The highest BCUT2D eigenvalue weighted by Crippen LogP contribution is 2.23. The van der Waals surface area contributed by atoms with Crippen LogP contribution in [0.25, 0.3) is 0 Å². The first-order valence-corrected chi connectivity index (χ1v) is 15.1. The number of anilines is 1. The summed E-state index contributed by atoms with van der Waals surface area (Å²) in [4.78, 5) is 29.0. The van der Waals surface area contributed by atoms with Gasteiger partial charge in [-0.25, -0.2) is 8.42 Å². The Bertz CT molecular complexity index is 1330. The predicted molar refractivity (Wildman–Crippen MR) is 157 cm³/mol. The molecule has 3 aromatic rings. The van der Waals surface area contributed by atoms with Crippen molar-refractivity contribution in [3.05, 3.63) is 102 Å². The zero-order valence-electron chi connectivity index (χ0n) is 23.4. The second-order valence-corrected chi connectivity index (χ2v) is 12.3. The molecule has 3 rings (SSSR count). The molecule has 1 atom stereocenters. The third kappa shape index (κ3) is 8.68. The minimum atomic E-state index is -3.79. The number of benzene rings is 3. The van der Waals surface area contributed by atoms with E-state index in [2.05, 4.69) is 19.2 Å². The Balaban J connectivity index is 2.02. The second-order valence-electron chi connectivity index (χ2n) is 10.4. The molecule has 3 aromatic carbocycles. The van der Waals surface area contributed by atoms with E-state index in [9.17, 15) is 18.0 Å². The topological polar surface area (TPSA) is 86.8 Å². The van der Waals surface area contributed by atoms with Gasteiger partial charge >= 0.3 is 0 Å². The first-order chi connectivity index (χ1) is 18.5. The molecule has 0 spiro atoms. The molecule has 0 aliphatic rings. The normalized spacial score (nSPS) is 12.3. The average molecular weight is 550 g/mol. The maximum absolute atomic E-state index is 14.0. The summed E-state index contributed by atoms with van der Waals surface area (Å²) in [6.07, 6.45) is 1.38. The van der Waals surface area contributed by atoms with Crippen molar-refractivity contribution in [1.82, 2.24) is 10.2 Å². The first kappa shape index (κ1) is 29.9. The Kier molecular flexibility index (Phi) is 10.3. The second kappa shape index (κ2) is 13.4. The van der Waals surface area contributed by atoms with E-state index in [1.807, 2.05) is 86.6 Å². The molecule has 2 amide bonds. The summed E-state index contributed by atoms with van der Waals surface area (Å²) in [6.45, 7) is 7.59. The lowest BCUT2D eigenvalue weighted by Gasteiger charge is -2.34. The maximum Gasteiger partial charge on any atom is 0.244 e. The van der Waals surface area contributed by atoms with E-state index < -0.39 is 28.5 Å². The lowest BCUT2D eigenvalue weighted by Crippen LogP contribution is -2.54. The van der Waals surface area contributed by atoms with Crippen LogP contribution < -0.4 is 9.62 Å². The molecule has 0 heterocycles. The van der Waals surface area contributed by atoms with E-state index in [4.69, 9.17) is 0 Å². The molecule has 0 bridgehead atoms. The largest absolute Gasteiger partial charge is 0.352 e. The van der Waals surface area contributed by atoms with Gasteiger partial charge in [-0.2, -0.15) is 0 Å². The summed E-state index contributed by atoms with van der Waals surface area (Å²) in [6, 6.07) is 25.1. The van der Waals surface area contributed by atoms with Gasteiger partial charge in [0.15, 0.2) is 0 Å². The van der Waals surface area contributed by atoms with E-state index in [0.29, 0.717) is 12.1 Å². The molecule has 8 heteroatoms. The third-order valence-corrected chi connectivity index (χ3v) is 7.57. The average Bonchev–Trinajstić information content (AvgIpc) is 2.89. The number of carbonyl (C=O) groups is 2. The van der Waals surface area contributed by atoms with Crippen molar-refractivity contribution in [3.8, 4) is 0 Å². The van der Waals surface area contributed by atoms with Crippen molar-refractivity contribution in [2.45, 2.75) is 58.7 Å². The molecule has 0 aromatic heterocycles. The Morgan fingerprint density at radius 1 is 0.795 bits per heavy atom. The minimum absolute atomic E-state index is 0.128. The van der Waals surface area contributed by atoms with Gasteiger partial charge in [0.05, 0.1) is 11.9 Å². The smallest absolute Gasteiger partial charge is 0.244 e. The third-order valence-electron chi connectivity index (χ3n) is 6.42. The fourth-order valence-electron chi connectivity index (χ4n) is 4.35. The number of amides is 2. The Hall–Kier alpha value is -3.65. The Morgan fingerprint density at radius 2 is 1.33 bits per heavy atom. The molecule has 0 fully saturated rings. The van der Waals surface area contributed by atoms with Gasteiger partial charge in [0.2, 0.25) is 21.8 Å². The van der Waals surface area contributed by atoms with Crippen LogP contribution in [-0.4, -0.2) is 50.0 Å². The van der Waals surface area contributed by atoms with Crippen LogP contribution in [0, 0.1) is 0 Å². The number of hydrogen-bond donors (Lipinski definition) is 1. The number of sulfonamides is 1. The fourth-order valence-corrected chi connectivity index (χ4v) is 5.20. The van der Waals surface area contributed by atoms with Gasteiger partial charge in [0.1, 0.15) is 12.6 Å². The molecule has 1 N–H and O–H groups in total. The van der Waals surface area contributed by atoms with Crippen LogP contribution in [0.1, 0.15) is 50.3 Å². The van der Waals surface area contributed by atoms with Gasteiger partial charge in [-0.15, -0.1) is 0 Å². The molecule has 208 valence electrons. The molecule has 1 unspecified atom stereocenters. The van der Waals surface area contributed by atoms with Crippen molar-refractivity contribution in [1.29, 1.82) is 0 Å². The standard InChI is InChI=1S/C31H39N3O4S/c1-23(2)27-16-18-28(19-17-27)34(39(5,37)38)22-30(35)33(21-26-14-10-7-11-15-26)29(31(36)32-24(3)4)20-25-12-8-6-9-13-25/h6-19,23-24,29H,20-22H2,1-5H3,(H,32,36). The zero-order chi connectivity index (χ0) is 28.6. The predicted octanol–water partition coefficient (Wildman–Crippen LogP) is 4.74. The van der Waals surface area contributed by atoms with Crippen LogP contribution in [0.5, 0.6) is 0 Å². The highest BCUT2D eigenvalue weighted by atomic mass is 32.2. The number of hydrogen-bond acceptors (Lipinski definition) is 4. The number of rotatable bonds is 12. The molecule has 0 aliphatic carbocycles. The Morgan fingerprint density at radius 3 is 1.82 bits per heavy atom. The number of carbonyl (C=O) groups excluding carboxylic acids is 2. The summed E-state index contributed by atoms with van der Waals surface area (Å²) in [7, 11) is -3.79. The highest BCUT2D eigenvalue weighted by Gasteiger charge is 2.33. The van der Waals surface area contributed by atoms with Crippen molar-refractivity contribution in [2.75, 3.05) is 17.1 Å². The quantitative estimate of drug-likeness (QED) is 0.354. The van der Waals surface area contributed by atoms with Crippen molar-refractivity contribution in [3.63, 3.8) is 0 Å². The van der Waals surface area contributed by atoms with Crippen LogP contribution >= 0.6 is 0 Å². The summed E-state index contributed by atoms with van der Waals surface area (Å²) in [5.74, 6) is -0.464. The molecule has 0 aliphatic heterocycles. The summed E-state index contributed by atoms with van der Waals surface area (Å²) < 4.78 is 26.9. The number of nitrogens with zero attached hydrogens (tertiary/aromatic N) is 2. The van der Waals surface area contributed by atoms with E-state index in [1.165, 1.54) is 4.90 Å². The molecule has 0 saturated heterocycles. The van der Waals surface area contributed by atoms with E-state index in [-0.39, 0.29) is 24.4 Å². The van der Waals surface area contributed by atoms with Gasteiger partial charge in [0, 0.05) is 19.0 Å². The van der Waals surface area contributed by atoms with Gasteiger partial charge in [-0.1, -0.05) is 86.6 Å². The van der Waals surface area contributed by atoms with E-state index in [1.54, 1.807) is 12.1 Å². The molecule has 0 radical (unpaired) electrons. The maximum atomic E-state index is 14.0. The SMILES string of the molecule is CC(C)NC(=O)C(Cc1ccccc1)N(Cc1ccccc1)C(=O)CN(c1ccc(C(C)C)cc1)S(C)(=O)=O. The highest BCUT2D eigenvalue weighted by molar-refractivity contribution is 7.92. The lowest BCUT2D eigenvalue weighted by molar-refractivity contribution is -0.140. The van der Waals surface area contributed by atoms with Crippen LogP contribution in [0.15, 0.2) is 84.9 Å². The van der Waals surface area contributed by atoms with Crippen LogP contribution in [-0.2, 0) is 32.6 Å². The zero-order valence-corrected chi connectivity index (χ0v) is 24.2.